The average molecular weight is 358 g/mol. The molecule has 0 spiro atoms. The van der Waals surface area contributed by atoms with Gasteiger partial charge < -0.3 is 10.2 Å². The quantitative estimate of drug-likeness (QED) is 0.589. The van der Waals surface area contributed by atoms with E-state index in [1.165, 1.54) is 24.3 Å². The first-order valence-electron chi connectivity index (χ1n) is 8.60. The molecule has 0 saturated heterocycles. The fourth-order valence-electron chi connectivity index (χ4n) is 3.09. The number of amides is 1. The van der Waals surface area contributed by atoms with Crippen molar-refractivity contribution in [1.29, 1.82) is 0 Å². The second-order valence-electron chi connectivity index (χ2n) is 6.64. The van der Waals surface area contributed by atoms with Crippen LogP contribution >= 0.6 is 0 Å². The molecule has 26 heavy (non-hydrogen) atoms. The van der Waals surface area contributed by atoms with Crippen LogP contribution in [-0.2, 0) is 11.3 Å². The third-order valence-corrected chi connectivity index (χ3v) is 4.73. The Labute approximate surface area is 150 Å². The van der Waals surface area contributed by atoms with Gasteiger partial charge >= 0.3 is 0 Å². The minimum absolute atomic E-state index is 0.125. The molecule has 1 amide bonds. The normalized spacial score (nSPS) is 15.9. The lowest BCUT2D eigenvalue weighted by Crippen LogP contribution is -3.16. The topological polar surface area (TPSA) is 76.7 Å². The van der Waals surface area contributed by atoms with Gasteiger partial charge in [-0.3, -0.25) is 14.9 Å². The molecule has 2 aromatic carbocycles. The van der Waals surface area contributed by atoms with E-state index in [1.54, 1.807) is 24.3 Å². The molecule has 0 radical (unpaired) electrons. The van der Waals surface area contributed by atoms with Gasteiger partial charge in [0.15, 0.2) is 6.04 Å². The molecule has 0 aromatic heterocycles. The highest BCUT2D eigenvalue weighted by Gasteiger charge is 2.39. The van der Waals surface area contributed by atoms with Gasteiger partial charge in [0.05, 0.1) is 11.0 Å². The molecule has 0 aliphatic heterocycles. The average Bonchev–Trinajstić information content (AvgIpc) is 3.46. The number of quaternary nitrogens is 1. The highest BCUT2D eigenvalue weighted by atomic mass is 19.1. The second-order valence-corrected chi connectivity index (χ2v) is 6.64. The van der Waals surface area contributed by atoms with E-state index in [1.807, 2.05) is 6.92 Å². The van der Waals surface area contributed by atoms with E-state index in [2.05, 4.69) is 5.32 Å². The zero-order valence-electron chi connectivity index (χ0n) is 14.4. The number of hydrogen-bond donors (Lipinski definition) is 2. The number of rotatable bonds is 7. The maximum atomic E-state index is 13.1. The molecule has 1 aliphatic carbocycles. The van der Waals surface area contributed by atoms with Crippen LogP contribution in [0, 0.1) is 15.9 Å². The number of benzene rings is 2. The van der Waals surface area contributed by atoms with Crippen LogP contribution in [0.1, 0.15) is 25.3 Å². The van der Waals surface area contributed by atoms with Gasteiger partial charge in [-0.2, -0.15) is 0 Å². The van der Waals surface area contributed by atoms with E-state index in [-0.39, 0.29) is 29.1 Å². The lowest BCUT2D eigenvalue weighted by molar-refractivity contribution is -0.938. The largest absolute Gasteiger partial charge is 0.319 e. The molecule has 6 nitrogen and oxygen atoms in total. The van der Waals surface area contributed by atoms with Crippen molar-refractivity contribution in [3.05, 3.63) is 70.0 Å². The molecular weight excluding hydrogens is 337 g/mol. The number of anilines is 1. The predicted molar refractivity (Wildman–Crippen MR) is 95.3 cm³/mol. The van der Waals surface area contributed by atoms with Gasteiger partial charge in [-0.15, -0.1) is 0 Å². The molecule has 1 fully saturated rings. The molecule has 136 valence electrons. The number of nitro benzene ring substituents is 1. The monoisotopic (exact) mass is 358 g/mol. The van der Waals surface area contributed by atoms with Crippen molar-refractivity contribution >= 4 is 17.3 Å². The summed E-state index contributed by atoms with van der Waals surface area (Å²) in [5.74, 6) is -0.549. The van der Waals surface area contributed by atoms with Crippen molar-refractivity contribution in [3.8, 4) is 0 Å². The summed E-state index contributed by atoms with van der Waals surface area (Å²) < 4.78 is 13.1. The number of nitrogens with one attached hydrogen (secondary N) is 2. The van der Waals surface area contributed by atoms with Crippen LogP contribution in [0.25, 0.3) is 0 Å². The Kier molecular flexibility index (Phi) is 5.27. The second kappa shape index (κ2) is 7.61. The maximum Gasteiger partial charge on any atom is 0.292 e. The minimum atomic E-state index is -0.510. The summed E-state index contributed by atoms with van der Waals surface area (Å²) in [5, 5.41) is 13.8. The molecular formula is C19H21FN3O3+. The molecule has 2 atom stereocenters. The molecule has 0 bridgehead atoms. The fraction of sp³-hybridized carbons (Fsp3) is 0.316. The summed E-state index contributed by atoms with van der Waals surface area (Å²) in [4.78, 5) is 24.4. The molecule has 1 aliphatic rings. The highest BCUT2D eigenvalue weighted by molar-refractivity contribution is 5.95. The first-order valence-corrected chi connectivity index (χ1v) is 8.60. The van der Waals surface area contributed by atoms with E-state index in [0.29, 0.717) is 12.6 Å². The summed E-state index contributed by atoms with van der Waals surface area (Å²) >= 11 is 0. The molecule has 2 aromatic rings. The Balaban J connectivity index is 1.73. The summed E-state index contributed by atoms with van der Waals surface area (Å²) in [5.41, 5.74) is 1.03. The lowest BCUT2D eigenvalue weighted by atomic mass is 10.1. The van der Waals surface area contributed by atoms with E-state index < -0.39 is 4.92 Å². The molecule has 1 saturated carbocycles. The van der Waals surface area contributed by atoms with Crippen molar-refractivity contribution in [2.45, 2.75) is 38.4 Å². The third kappa shape index (κ3) is 4.23. The third-order valence-electron chi connectivity index (χ3n) is 4.73. The fourth-order valence-corrected chi connectivity index (χ4v) is 3.09. The Hall–Kier alpha value is -2.80. The van der Waals surface area contributed by atoms with Crippen LogP contribution in [0.5, 0.6) is 0 Å². The summed E-state index contributed by atoms with van der Waals surface area (Å²) in [6, 6.07) is 12.4. The van der Waals surface area contributed by atoms with Crippen molar-refractivity contribution in [2.75, 3.05) is 5.32 Å². The van der Waals surface area contributed by atoms with Gasteiger partial charge in [0, 0.05) is 24.5 Å². The first kappa shape index (κ1) is 18.0. The van der Waals surface area contributed by atoms with E-state index >= 15 is 0 Å². The number of para-hydroxylation sites is 2. The number of nitrogens with zero attached hydrogens (tertiary/aromatic N) is 1. The van der Waals surface area contributed by atoms with Gasteiger partial charge in [0.2, 0.25) is 0 Å². The SMILES string of the molecule is C[C@H](C(=O)Nc1ccccc1[N+](=O)[O-])[NH+](Cc1ccc(F)cc1)C1CC1. The zero-order valence-corrected chi connectivity index (χ0v) is 14.4. The van der Waals surface area contributed by atoms with Gasteiger partial charge in [-0.1, -0.05) is 24.3 Å². The molecule has 7 heteroatoms. The van der Waals surface area contributed by atoms with E-state index in [9.17, 15) is 19.3 Å². The van der Waals surface area contributed by atoms with Crippen LogP contribution in [0.3, 0.4) is 0 Å². The lowest BCUT2D eigenvalue weighted by Gasteiger charge is -2.25. The Morgan fingerprint density at radius 1 is 1.27 bits per heavy atom. The number of carbonyl (C=O) groups excluding carboxylic acids is 1. The Morgan fingerprint density at radius 3 is 2.54 bits per heavy atom. The van der Waals surface area contributed by atoms with Crippen molar-refractivity contribution in [1.82, 2.24) is 0 Å². The van der Waals surface area contributed by atoms with Crippen LogP contribution in [0.2, 0.25) is 0 Å². The minimum Gasteiger partial charge on any atom is -0.319 e. The number of halogens is 1. The van der Waals surface area contributed by atoms with Gasteiger partial charge in [0.1, 0.15) is 18.0 Å². The van der Waals surface area contributed by atoms with E-state index in [4.69, 9.17) is 0 Å². The molecule has 2 N–H and O–H groups in total. The van der Waals surface area contributed by atoms with Crippen LogP contribution in [0.4, 0.5) is 15.8 Å². The summed E-state index contributed by atoms with van der Waals surface area (Å²) in [7, 11) is 0. The molecule has 0 heterocycles. The summed E-state index contributed by atoms with van der Waals surface area (Å²) in [6.45, 7) is 2.43. The smallest absolute Gasteiger partial charge is 0.292 e. The summed E-state index contributed by atoms with van der Waals surface area (Å²) in [6.07, 6.45) is 2.08. The van der Waals surface area contributed by atoms with Crippen LogP contribution in [-0.4, -0.2) is 22.9 Å². The van der Waals surface area contributed by atoms with Crippen molar-refractivity contribution in [2.24, 2.45) is 0 Å². The van der Waals surface area contributed by atoms with Crippen LogP contribution in [0.15, 0.2) is 48.5 Å². The highest BCUT2D eigenvalue weighted by Crippen LogP contribution is 2.23. The van der Waals surface area contributed by atoms with Crippen LogP contribution < -0.4 is 10.2 Å². The van der Waals surface area contributed by atoms with Gasteiger partial charge in [0.25, 0.3) is 11.6 Å². The van der Waals surface area contributed by atoms with Gasteiger partial charge in [-0.25, -0.2) is 4.39 Å². The maximum absolute atomic E-state index is 13.1. The first-order chi connectivity index (χ1) is 12.5. The Morgan fingerprint density at radius 2 is 1.92 bits per heavy atom. The van der Waals surface area contributed by atoms with E-state index in [0.717, 1.165) is 23.3 Å². The van der Waals surface area contributed by atoms with Crippen molar-refractivity contribution in [3.63, 3.8) is 0 Å². The number of carbonyl (C=O) groups is 1. The number of hydrogen-bond acceptors (Lipinski definition) is 3. The molecule has 3 rings (SSSR count). The zero-order chi connectivity index (χ0) is 18.7. The predicted octanol–water partition coefficient (Wildman–Crippen LogP) is 2.31. The molecule has 1 unspecified atom stereocenters. The van der Waals surface area contributed by atoms with Crippen molar-refractivity contribution < 1.29 is 19.0 Å². The van der Waals surface area contributed by atoms with Gasteiger partial charge in [-0.05, 0) is 25.1 Å². The Bertz CT molecular complexity index is 806. The number of nitro groups is 1. The standard InChI is InChI=1S/C19H20FN3O3/c1-13(19(24)21-17-4-2-3-5-18(17)23(25)26)22(16-10-11-16)12-14-6-8-15(20)9-7-14/h2-9,13,16H,10-12H2,1H3,(H,21,24)/p+1/t13-/m1/s1.